The third-order valence-corrected chi connectivity index (χ3v) is 5.50. The van der Waals surface area contributed by atoms with Crippen molar-refractivity contribution in [3.63, 3.8) is 0 Å². The summed E-state index contributed by atoms with van der Waals surface area (Å²) in [5.74, 6) is 1.12. The maximum Gasteiger partial charge on any atom is 0.271 e. The number of nitrogens with one attached hydrogen (secondary N) is 1. The summed E-state index contributed by atoms with van der Waals surface area (Å²) in [6, 6.07) is 11.1. The monoisotopic (exact) mass is 412 g/mol. The lowest BCUT2D eigenvalue weighted by Crippen LogP contribution is -2.38. The van der Waals surface area contributed by atoms with Gasteiger partial charge in [0.05, 0.1) is 13.2 Å². The molecule has 1 saturated heterocycles. The van der Waals surface area contributed by atoms with Crippen LogP contribution in [0.2, 0.25) is 0 Å². The topological polar surface area (TPSA) is 76.5 Å². The zero-order valence-electron chi connectivity index (χ0n) is 18.1. The van der Waals surface area contributed by atoms with E-state index in [0.29, 0.717) is 31.5 Å². The number of hydrogen-bond donors (Lipinski definition) is 1. The van der Waals surface area contributed by atoms with Gasteiger partial charge in [0.15, 0.2) is 0 Å². The van der Waals surface area contributed by atoms with Gasteiger partial charge in [0, 0.05) is 39.4 Å². The molecule has 0 spiro atoms. The summed E-state index contributed by atoms with van der Waals surface area (Å²) in [7, 11) is 1.56. The smallest absolute Gasteiger partial charge is 0.271 e. The number of nitrogens with zero attached hydrogens (tertiary/aromatic N) is 3. The van der Waals surface area contributed by atoms with Crippen molar-refractivity contribution in [3.8, 4) is 0 Å². The van der Waals surface area contributed by atoms with Crippen LogP contribution < -0.4 is 10.9 Å². The Kier molecular flexibility index (Phi) is 7.76. The highest BCUT2D eigenvalue weighted by Crippen LogP contribution is 2.23. The van der Waals surface area contributed by atoms with E-state index in [-0.39, 0.29) is 17.2 Å². The molecule has 0 saturated carbocycles. The number of benzene rings is 1. The zero-order chi connectivity index (χ0) is 21.5. The third-order valence-electron chi connectivity index (χ3n) is 5.50. The van der Waals surface area contributed by atoms with Gasteiger partial charge < -0.3 is 10.1 Å². The molecule has 0 aliphatic carbocycles. The van der Waals surface area contributed by atoms with Crippen LogP contribution in [-0.2, 0) is 24.4 Å². The second kappa shape index (κ2) is 10.5. The third kappa shape index (κ3) is 6.00. The molecular weight excluding hydrogens is 380 g/mol. The number of hydrogen-bond acceptors (Lipinski definition) is 5. The maximum atomic E-state index is 12.6. The number of rotatable bonds is 8. The average Bonchev–Trinajstić information content (AvgIpc) is 2.71. The summed E-state index contributed by atoms with van der Waals surface area (Å²) in [4.78, 5) is 27.0. The van der Waals surface area contributed by atoms with E-state index in [9.17, 15) is 9.59 Å². The quantitative estimate of drug-likeness (QED) is 0.720. The Morgan fingerprint density at radius 2 is 1.83 bits per heavy atom. The highest BCUT2D eigenvalue weighted by atomic mass is 16.5. The molecule has 2 aromatic rings. The number of aromatic nitrogens is 2. The zero-order valence-corrected chi connectivity index (χ0v) is 18.1. The van der Waals surface area contributed by atoms with Crippen molar-refractivity contribution < 1.29 is 9.53 Å². The second-order valence-corrected chi connectivity index (χ2v) is 8.36. The van der Waals surface area contributed by atoms with Crippen LogP contribution in [0, 0.1) is 11.8 Å². The SMILES string of the molecule is COCCn1nc(C(=O)NCc2ccccc2CN2CC(C)CC(C)C2)ccc1=O. The Hall–Kier alpha value is -2.51. The van der Waals surface area contributed by atoms with E-state index in [2.05, 4.69) is 41.3 Å². The molecule has 1 aromatic carbocycles. The van der Waals surface area contributed by atoms with Gasteiger partial charge in [0.2, 0.25) is 0 Å². The molecule has 2 heterocycles. The van der Waals surface area contributed by atoms with E-state index < -0.39 is 0 Å². The van der Waals surface area contributed by atoms with Crippen LogP contribution in [0.5, 0.6) is 0 Å². The lowest BCUT2D eigenvalue weighted by atomic mass is 9.91. The van der Waals surface area contributed by atoms with E-state index in [1.165, 1.54) is 28.8 Å². The van der Waals surface area contributed by atoms with Gasteiger partial charge in [-0.05, 0) is 35.4 Å². The summed E-state index contributed by atoms with van der Waals surface area (Å²) < 4.78 is 6.25. The Bertz CT molecular complexity index is 901. The van der Waals surface area contributed by atoms with Gasteiger partial charge in [-0.3, -0.25) is 14.5 Å². The van der Waals surface area contributed by atoms with Crippen LogP contribution in [0.15, 0.2) is 41.2 Å². The maximum absolute atomic E-state index is 12.6. The summed E-state index contributed by atoms with van der Waals surface area (Å²) in [5, 5.41) is 7.11. The summed E-state index contributed by atoms with van der Waals surface area (Å²) in [6.45, 7) is 8.83. The number of ether oxygens (including phenoxy) is 1. The van der Waals surface area contributed by atoms with E-state index >= 15 is 0 Å². The van der Waals surface area contributed by atoms with Gasteiger partial charge in [-0.25, -0.2) is 4.68 Å². The fraction of sp³-hybridized carbons (Fsp3) is 0.522. The van der Waals surface area contributed by atoms with Crippen molar-refractivity contribution in [1.29, 1.82) is 0 Å². The van der Waals surface area contributed by atoms with Crippen molar-refractivity contribution in [2.24, 2.45) is 11.8 Å². The molecule has 0 radical (unpaired) electrons. The fourth-order valence-electron chi connectivity index (χ4n) is 4.22. The minimum atomic E-state index is -0.295. The minimum Gasteiger partial charge on any atom is -0.383 e. The second-order valence-electron chi connectivity index (χ2n) is 8.36. The summed E-state index contributed by atoms with van der Waals surface area (Å²) in [6.07, 6.45) is 1.29. The largest absolute Gasteiger partial charge is 0.383 e. The van der Waals surface area contributed by atoms with Crippen LogP contribution >= 0.6 is 0 Å². The van der Waals surface area contributed by atoms with Crippen LogP contribution in [0.1, 0.15) is 41.9 Å². The molecule has 1 N–H and O–H groups in total. The van der Waals surface area contributed by atoms with Crippen molar-refractivity contribution in [2.45, 2.75) is 39.9 Å². The number of carbonyl (C=O) groups is 1. The number of methoxy groups -OCH3 is 1. The first-order chi connectivity index (χ1) is 14.5. The molecule has 2 atom stereocenters. The Morgan fingerprint density at radius 3 is 2.53 bits per heavy atom. The fourth-order valence-corrected chi connectivity index (χ4v) is 4.22. The van der Waals surface area contributed by atoms with Crippen LogP contribution in [0.4, 0.5) is 0 Å². The van der Waals surface area contributed by atoms with Crippen LogP contribution in [-0.4, -0.2) is 47.4 Å². The molecule has 1 amide bonds. The summed E-state index contributed by atoms with van der Waals surface area (Å²) in [5.41, 5.74) is 2.31. The van der Waals surface area contributed by atoms with Gasteiger partial charge in [0.25, 0.3) is 11.5 Å². The highest BCUT2D eigenvalue weighted by Gasteiger charge is 2.22. The van der Waals surface area contributed by atoms with Gasteiger partial charge in [-0.1, -0.05) is 38.1 Å². The lowest BCUT2D eigenvalue weighted by Gasteiger charge is -2.35. The average molecular weight is 413 g/mol. The Morgan fingerprint density at radius 1 is 1.13 bits per heavy atom. The highest BCUT2D eigenvalue weighted by molar-refractivity contribution is 5.91. The first-order valence-corrected chi connectivity index (χ1v) is 10.6. The van der Waals surface area contributed by atoms with Crippen LogP contribution in [0.3, 0.4) is 0 Å². The number of likely N-dealkylation sites (tertiary alicyclic amines) is 1. The van der Waals surface area contributed by atoms with Gasteiger partial charge >= 0.3 is 0 Å². The molecule has 1 aromatic heterocycles. The standard InChI is InChI=1S/C23H32N4O3/c1-17-12-18(2)15-26(14-17)16-20-7-5-4-6-19(20)13-24-23(29)21-8-9-22(28)27(25-21)10-11-30-3/h4-9,17-18H,10-16H2,1-3H3,(H,24,29). The Balaban J connectivity index is 1.65. The minimum absolute atomic E-state index is 0.224. The molecular formula is C23H32N4O3. The van der Waals surface area contributed by atoms with E-state index in [1.54, 1.807) is 7.11 Å². The first kappa shape index (κ1) is 22.2. The van der Waals surface area contributed by atoms with Gasteiger partial charge in [-0.2, -0.15) is 5.10 Å². The Labute approximate surface area is 178 Å². The number of carbonyl (C=O) groups excluding carboxylic acids is 1. The normalized spacial score (nSPS) is 19.6. The van der Waals surface area contributed by atoms with E-state index in [0.717, 1.165) is 25.2 Å². The van der Waals surface area contributed by atoms with Crippen molar-refractivity contribution in [1.82, 2.24) is 20.0 Å². The van der Waals surface area contributed by atoms with E-state index in [1.807, 2.05) is 12.1 Å². The molecule has 7 heteroatoms. The van der Waals surface area contributed by atoms with Gasteiger partial charge in [-0.15, -0.1) is 0 Å². The number of piperidine rings is 1. The molecule has 0 bridgehead atoms. The number of amides is 1. The molecule has 7 nitrogen and oxygen atoms in total. The van der Waals surface area contributed by atoms with Crippen LogP contribution in [0.25, 0.3) is 0 Å². The molecule has 1 aliphatic rings. The first-order valence-electron chi connectivity index (χ1n) is 10.6. The predicted octanol–water partition coefficient (Wildman–Crippen LogP) is 2.30. The lowest BCUT2D eigenvalue weighted by molar-refractivity contribution is 0.0942. The summed E-state index contributed by atoms with van der Waals surface area (Å²) >= 11 is 0. The van der Waals surface area contributed by atoms with Crippen molar-refractivity contribution in [2.75, 3.05) is 26.8 Å². The van der Waals surface area contributed by atoms with E-state index in [4.69, 9.17) is 4.74 Å². The molecule has 2 unspecified atom stereocenters. The molecule has 30 heavy (non-hydrogen) atoms. The molecule has 1 fully saturated rings. The molecule has 3 rings (SSSR count). The predicted molar refractivity (Wildman–Crippen MR) is 116 cm³/mol. The van der Waals surface area contributed by atoms with Gasteiger partial charge in [0.1, 0.15) is 5.69 Å². The van der Waals surface area contributed by atoms with Crippen molar-refractivity contribution >= 4 is 5.91 Å². The molecule has 1 aliphatic heterocycles. The molecule has 162 valence electrons. The van der Waals surface area contributed by atoms with Crippen molar-refractivity contribution in [3.05, 3.63) is 63.6 Å².